The molecule has 0 atom stereocenters. The minimum absolute atomic E-state index is 0.605. The zero-order chi connectivity index (χ0) is 11.9. The Morgan fingerprint density at radius 3 is 2.89 bits per heavy atom. The third-order valence-corrected chi connectivity index (χ3v) is 2.87. The van der Waals surface area contributed by atoms with E-state index in [9.17, 15) is 0 Å². The lowest BCUT2D eigenvalue weighted by molar-refractivity contribution is 0.315. The van der Waals surface area contributed by atoms with E-state index in [1.54, 1.807) is 0 Å². The number of hydrogen-bond donors (Lipinski definition) is 0. The molecule has 18 heavy (non-hydrogen) atoms. The summed E-state index contributed by atoms with van der Waals surface area (Å²) in [5, 5.41) is 8.59. The lowest BCUT2D eigenvalue weighted by Crippen LogP contribution is -1.75. The van der Waals surface area contributed by atoms with Gasteiger partial charge in [0.15, 0.2) is 0 Å². The number of rotatable bonds is 1. The molecule has 4 rings (SSSR count). The summed E-state index contributed by atoms with van der Waals surface area (Å²) in [7, 11) is 0. The smallest absolute Gasteiger partial charge is 0.143 e. The summed E-state index contributed by atoms with van der Waals surface area (Å²) in [6.07, 6.45) is 0. The van der Waals surface area contributed by atoms with Gasteiger partial charge in [0.25, 0.3) is 0 Å². The van der Waals surface area contributed by atoms with Crippen molar-refractivity contribution in [2.75, 3.05) is 0 Å². The fourth-order valence-electron chi connectivity index (χ4n) is 1.98. The van der Waals surface area contributed by atoms with Gasteiger partial charge in [-0.3, -0.25) is 0 Å². The van der Waals surface area contributed by atoms with Crippen LogP contribution in [0.4, 0.5) is 0 Å². The zero-order valence-corrected chi connectivity index (χ0v) is 9.25. The van der Waals surface area contributed by atoms with Crippen molar-refractivity contribution in [3.05, 3.63) is 48.5 Å². The van der Waals surface area contributed by atoms with Crippen molar-refractivity contribution in [2.24, 2.45) is 0 Å². The molecule has 0 bridgehead atoms. The van der Waals surface area contributed by atoms with Crippen LogP contribution in [0, 0.1) is 6.07 Å². The van der Waals surface area contributed by atoms with Crippen molar-refractivity contribution >= 4 is 22.0 Å². The zero-order valence-electron chi connectivity index (χ0n) is 9.25. The lowest BCUT2D eigenvalue weighted by atomic mass is 10.1. The fraction of sp³-hybridized carbons (Fsp3) is 0. The quantitative estimate of drug-likeness (QED) is 0.507. The number of nitrogens with zero attached hydrogens (tertiary/aromatic N) is 2. The van der Waals surface area contributed by atoms with Crippen LogP contribution in [-0.2, 0) is 0 Å². The van der Waals surface area contributed by atoms with E-state index in [4.69, 9.17) is 4.42 Å². The maximum absolute atomic E-state index is 5.77. The van der Waals surface area contributed by atoms with Crippen LogP contribution >= 0.6 is 0 Å². The average molecular weight is 235 g/mol. The molecule has 1 radical (unpaired) electrons. The van der Waals surface area contributed by atoms with Gasteiger partial charge in [0, 0.05) is 17.0 Å². The third kappa shape index (κ3) is 1.32. The van der Waals surface area contributed by atoms with Crippen LogP contribution in [0.5, 0.6) is 0 Å². The Bertz CT molecular complexity index is 812. The highest BCUT2D eigenvalue weighted by molar-refractivity contribution is 5.85. The molecule has 85 valence electrons. The Morgan fingerprint density at radius 1 is 1.00 bits per heavy atom. The van der Waals surface area contributed by atoms with Gasteiger partial charge < -0.3 is 4.42 Å². The van der Waals surface area contributed by atoms with Gasteiger partial charge >= 0.3 is 0 Å². The summed E-state index contributed by atoms with van der Waals surface area (Å²) >= 11 is 0. The van der Waals surface area contributed by atoms with Crippen LogP contribution < -0.4 is 0 Å². The number of fused-ring (bicyclic) bond motifs is 2. The Balaban J connectivity index is 1.94. The summed E-state index contributed by atoms with van der Waals surface area (Å²) in [4.78, 5) is 0. The number of aromatic nitrogens is 2. The molecular formula is C14H7N2O2. The number of hydrogen-bond acceptors (Lipinski definition) is 4. The van der Waals surface area contributed by atoms with Gasteiger partial charge in [0.05, 0.1) is 0 Å². The first kappa shape index (κ1) is 9.41. The summed E-state index contributed by atoms with van der Waals surface area (Å²) in [6.45, 7) is 0. The predicted octanol–water partition coefficient (Wildman–Crippen LogP) is 3.44. The van der Waals surface area contributed by atoms with E-state index in [1.165, 1.54) is 0 Å². The molecule has 2 heterocycles. The Morgan fingerprint density at radius 2 is 1.94 bits per heavy atom. The molecular weight excluding hydrogens is 228 g/mol. The summed E-state index contributed by atoms with van der Waals surface area (Å²) < 4.78 is 10.4. The highest BCUT2D eigenvalue weighted by Crippen LogP contribution is 2.28. The fourth-order valence-corrected chi connectivity index (χ4v) is 1.98. The standard InChI is InChI=1S/C14H7N2O2/c1-2-4-13-9(3-1)8-14(17-13)10-5-6-11-12(7-10)16-18-15-11/h1-6,8H. The molecule has 0 N–H and O–H groups in total. The Kier molecular flexibility index (Phi) is 1.80. The van der Waals surface area contributed by atoms with Gasteiger partial charge in [-0.05, 0) is 34.6 Å². The molecule has 0 saturated heterocycles. The van der Waals surface area contributed by atoms with Crippen LogP contribution in [-0.4, -0.2) is 10.3 Å². The number of furan rings is 1. The second kappa shape index (κ2) is 3.43. The molecule has 0 amide bonds. The number of benzene rings is 2. The Hall–Kier alpha value is -2.62. The van der Waals surface area contributed by atoms with Crippen molar-refractivity contribution in [3.63, 3.8) is 0 Å². The molecule has 0 aliphatic carbocycles. The molecule has 0 fully saturated rings. The molecule has 0 unspecified atom stereocenters. The summed E-state index contributed by atoms with van der Waals surface area (Å²) in [5.41, 5.74) is 3.00. The third-order valence-electron chi connectivity index (χ3n) is 2.87. The second-order valence-electron chi connectivity index (χ2n) is 4.02. The molecule has 4 aromatic rings. The van der Waals surface area contributed by atoms with Gasteiger partial charge in [0.1, 0.15) is 22.4 Å². The molecule has 4 nitrogen and oxygen atoms in total. The van der Waals surface area contributed by atoms with E-state index in [0.29, 0.717) is 11.0 Å². The molecule has 0 aliphatic rings. The first-order valence-electron chi connectivity index (χ1n) is 5.54. The summed E-state index contributed by atoms with van der Waals surface area (Å²) in [6, 6.07) is 16.7. The summed E-state index contributed by atoms with van der Waals surface area (Å²) in [5.74, 6) is 0.765. The van der Waals surface area contributed by atoms with Crippen molar-refractivity contribution in [3.8, 4) is 11.3 Å². The average Bonchev–Trinajstić information content (AvgIpc) is 3.04. The normalized spacial score (nSPS) is 11.3. The van der Waals surface area contributed by atoms with Crippen LogP contribution in [0.25, 0.3) is 33.3 Å². The van der Waals surface area contributed by atoms with E-state index in [-0.39, 0.29) is 0 Å². The van der Waals surface area contributed by atoms with Crippen molar-refractivity contribution in [1.29, 1.82) is 0 Å². The first-order valence-corrected chi connectivity index (χ1v) is 5.54. The molecule has 2 aromatic heterocycles. The van der Waals surface area contributed by atoms with Crippen molar-refractivity contribution in [2.45, 2.75) is 0 Å². The number of para-hydroxylation sites is 1. The SMILES string of the molecule is [c]1c(-c2cc3ccccc3o2)ccc2nonc12. The van der Waals surface area contributed by atoms with E-state index in [2.05, 4.69) is 21.0 Å². The monoisotopic (exact) mass is 235 g/mol. The maximum Gasteiger partial charge on any atom is 0.143 e. The Labute approximate surface area is 102 Å². The van der Waals surface area contributed by atoms with Gasteiger partial charge in [-0.2, -0.15) is 0 Å². The van der Waals surface area contributed by atoms with Crippen LogP contribution in [0.1, 0.15) is 0 Å². The van der Waals surface area contributed by atoms with Gasteiger partial charge in [-0.25, -0.2) is 4.63 Å². The second-order valence-corrected chi connectivity index (χ2v) is 4.02. The first-order chi connectivity index (χ1) is 8.90. The molecule has 0 saturated carbocycles. The van der Waals surface area contributed by atoms with Gasteiger partial charge in [-0.15, -0.1) is 0 Å². The van der Waals surface area contributed by atoms with E-state index in [1.807, 2.05) is 42.5 Å². The maximum atomic E-state index is 5.77. The van der Waals surface area contributed by atoms with Gasteiger partial charge in [-0.1, -0.05) is 18.2 Å². The minimum atomic E-state index is 0.605. The lowest BCUT2D eigenvalue weighted by Gasteiger charge is -1.93. The topological polar surface area (TPSA) is 52.1 Å². The van der Waals surface area contributed by atoms with Gasteiger partial charge in [0.2, 0.25) is 0 Å². The van der Waals surface area contributed by atoms with E-state index in [0.717, 1.165) is 22.3 Å². The van der Waals surface area contributed by atoms with Crippen molar-refractivity contribution in [1.82, 2.24) is 10.3 Å². The van der Waals surface area contributed by atoms with Crippen molar-refractivity contribution < 1.29 is 9.05 Å². The van der Waals surface area contributed by atoms with E-state index >= 15 is 0 Å². The molecule has 0 spiro atoms. The van der Waals surface area contributed by atoms with Crippen LogP contribution in [0.3, 0.4) is 0 Å². The molecule has 0 aliphatic heterocycles. The predicted molar refractivity (Wildman–Crippen MR) is 65.8 cm³/mol. The van der Waals surface area contributed by atoms with E-state index < -0.39 is 0 Å². The molecule has 2 aromatic carbocycles. The van der Waals surface area contributed by atoms with Crippen LogP contribution in [0.2, 0.25) is 0 Å². The largest absolute Gasteiger partial charge is 0.456 e. The molecule has 4 heteroatoms. The highest BCUT2D eigenvalue weighted by atomic mass is 16.6. The van der Waals surface area contributed by atoms with Crippen LogP contribution in [0.15, 0.2) is 51.5 Å². The highest BCUT2D eigenvalue weighted by Gasteiger charge is 2.08. The minimum Gasteiger partial charge on any atom is -0.456 e.